The molecule has 1 aromatic rings. The van der Waals surface area contributed by atoms with Gasteiger partial charge in [-0.1, -0.05) is 13.0 Å². The molecule has 1 fully saturated rings. The molecule has 0 aliphatic carbocycles. The Balaban J connectivity index is 2.40. The Morgan fingerprint density at radius 1 is 1.43 bits per heavy atom. The van der Waals surface area contributed by atoms with Crippen LogP contribution in [0.4, 0.5) is 0 Å². The number of sulfonamides is 1. The normalized spacial score (nSPS) is 22.9. The largest absolute Gasteiger partial charge is 0.481 e. The molecule has 0 saturated carbocycles. The molecule has 0 unspecified atom stereocenters. The maximum Gasteiger partial charge on any atom is 0.308 e. The highest BCUT2D eigenvalue weighted by molar-refractivity contribution is 7.89. The van der Waals surface area contributed by atoms with Gasteiger partial charge in [0.25, 0.3) is 0 Å². The highest BCUT2D eigenvalue weighted by Gasteiger charge is 2.41. The summed E-state index contributed by atoms with van der Waals surface area (Å²) >= 11 is 0. The van der Waals surface area contributed by atoms with Gasteiger partial charge < -0.3 is 5.11 Å². The van der Waals surface area contributed by atoms with E-state index in [9.17, 15) is 13.2 Å². The lowest BCUT2D eigenvalue weighted by Gasteiger charge is -2.17. The number of hydrogen-bond donors (Lipinski definition) is 1. The fraction of sp³-hybridized carbons (Fsp3) is 0.429. The summed E-state index contributed by atoms with van der Waals surface area (Å²) in [5.41, 5.74) is 0.807. The van der Waals surface area contributed by atoms with Gasteiger partial charge in [0.2, 0.25) is 10.0 Å². The second-order valence-electron chi connectivity index (χ2n) is 5.34. The van der Waals surface area contributed by atoms with E-state index in [0.29, 0.717) is 5.56 Å². The highest BCUT2D eigenvalue weighted by Crippen LogP contribution is 2.30. The van der Waals surface area contributed by atoms with Crippen LogP contribution in [0.25, 0.3) is 0 Å². The Morgan fingerprint density at radius 2 is 2.10 bits per heavy atom. The van der Waals surface area contributed by atoms with Crippen LogP contribution in [0.2, 0.25) is 0 Å². The zero-order valence-electron chi connectivity index (χ0n) is 11.8. The van der Waals surface area contributed by atoms with Crippen LogP contribution in [0.5, 0.6) is 0 Å². The van der Waals surface area contributed by atoms with Crippen LogP contribution in [-0.4, -0.2) is 36.9 Å². The average Bonchev–Trinajstić information content (AvgIpc) is 2.82. The van der Waals surface area contributed by atoms with E-state index in [-0.39, 0.29) is 29.5 Å². The third-order valence-electron chi connectivity index (χ3n) is 3.83. The van der Waals surface area contributed by atoms with Crippen LogP contribution in [0.1, 0.15) is 18.1 Å². The van der Waals surface area contributed by atoms with Gasteiger partial charge in [-0.25, -0.2) is 8.42 Å². The average molecular weight is 308 g/mol. The minimum Gasteiger partial charge on any atom is -0.481 e. The molecule has 0 bridgehead atoms. The number of hydrogen-bond acceptors (Lipinski definition) is 4. The van der Waals surface area contributed by atoms with E-state index < -0.39 is 21.9 Å². The summed E-state index contributed by atoms with van der Waals surface area (Å²) in [6, 6.07) is 6.39. The molecule has 0 aromatic heterocycles. The Bertz CT molecular complexity index is 721. The first-order valence-electron chi connectivity index (χ1n) is 6.51. The molecule has 0 spiro atoms. The molecular weight excluding hydrogens is 292 g/mol. The maximum absolute atomic E-state index is 12.7. The van der Waals surface area contributed by atoms with E-state index in [1.807, 2.05) is 6.07 Å². The number of carbonyl (C=O) groups is 1. The molecule has 0 amide bonds. The molecule has 1 aliphatic heterocycles. The van der Waals surface area contributed by atoms with Gasteiger partial charge in [0, 0.05) is 13.1 Å². The van der Waals surface area contributed by atoms with Gasteiger partial charge in [0.15, 0.2) is 0 Å². The van der Waals surface area contributed by atoms with Crippen molar-refractivity contribution >= 4 is 16.0 Å². The Kier molecular flexibility index (Phi) is 4.03. The third kappa shape index (κ3) is 2.77. The van der Waals surface area contributed by atoms with E-state index in [0.717, 1.165) is 0 Å². The molecule has 7 heteroatoms. The van der Waals surface area contributed by atoms with Gasteiger partial charge in [-0.2, -0.15) is 9.57 Å². The van der Waals surface area contributed by atoms with Crippen LogP contribution in [-0.2, 0) is 14.8 Å². The van der Waals surface area contributed by atoms with E-state index in [1.54, 1.807) is 26.0 Å². The molecule has 2 atom stereocenters. The van der Waals surface area contributed by atoms with Crippen LogP contribution >= 0.6 is 0 Å². The molecule has 2 rings (SSSR count). The molecule has 112 valence electrons. The highest BCUT2D eigenvalue weighted by atomic mass is 32.2. The molecule has 1 aliphatic rings. The van der Waals surface area contributed by atoms with Crippen molar-refractivity contribution in [1.29, 1.82) is 5.26 Å². The first kappa shape index (κ1) is 15.5. The molecule has 6 nitrogen and oxygen atoms in total. The summed E-state index contributed by atoms with van der Waals surface area (Å²) in [7, 11) is -3.78. The lowest BCUT2D eigenvalue weighted by molar-refractivity contribution is -0.142. The number of nitrogens with zero attached hydrogens (tertiary/aromatic N) is 2. The minimum absolute atomic E-state index is 0.0327. The second-order valence-corrected chi connectivity index (χ2v) is 7.24. The topological polar surface area (TPSA) is 98.5 Å². The number of aryl methyl sites for hydroxylation is 1. The Hall–Kier alpha value is -1.91. The standard InChI is InChI=1S/C14H16N2O4S/c1-9-3-4-11(6-15)5-13(9)21(19,20)16-7-10(2)12(8-16)14(17)18/h3-5,10,12H,7-8H2,1-2H3,(H,17,18)/t10-,12-/m1/s1. The predicted octanol–water partition coefficient (Wildman–Crippen LogP) is 1.21. The summed E-state index contributed by atoms with van der Waals surface area (Å²) in [6.07, 6.45) is 0. The van der Waals surface area contributed by atoms with Crippen molar-refractivity contribution in [2.75, 3.05) is 13.1 Å². The van der Waals surface area contributed by atoms with Gasteiger partial charge >= 0.3 is 5.97 Å². The van der Waals surface area contributed by atoms with Crippen LogP contribution in [0.15, 0.2) is 23.1 Å². The van der Waals surface area contributed by atoms with Crippen molar-refractivity contribution in [2.24, 2.45) is 11.8 Å². The van der Waals surface area contributed by atoms with Crippen molar-refractivity contribution in [3.63, 3.8) is 0 Å². The summed E-state index contributed by atoms with van der Waals surface area (Å²) < 4.78 is 26.5. The third-order valence-corrected chi connectivity index (χ3v) is 5.80. The number of aliphatic carboxylic acids is 1. The minimum atomic E-state index is -3.78. The fourth-order valence-electron chi connectivity index (χ4n) is 2.53. The number of rotatable bonds is 3. The summed E-state index contributed by atoms with van der Waals surface area (Å²) in [6.45, 7) is 3.53. The zero-order chi connectivity index (χ0) is 15.8. The number of carboxylic acids is 1. The molecule has 1 N–H and O–H groups in total. The summed E-state index contributed by atoms with van der Waals surface area (Å²) in [4.78, 5) is 11.2. The quantitative estimate of drug-likeness (QED) is 0.905. The second kappa shape index (κ2) is 5.47. The van der Waals surface area contributed by atoms with Crippen LogP contribution in [0.3, 0.4) is 0 Å². The zero-order valence-corrected chi connectivity index (χ0v) is 12.6. The van der Waals surface area contributed by atoms with Gasteiger partial charge in [-0.15, -0.1) is 0 Å². The van der Waals surface area contributed by atoms with Gasteiger partial charge in [-0.3, -0.25) is 4.79 Å². The first-order chi connectivity index (χ1) is 9.77. The molecule has 1 saturated heterocycles. The number of carboxylic acid groups (broad SMARTS) is 1. The van der Waals surface area contributed by atoms with Crippen molar-refractivity contribution in [3.05, 3.63) is 29.3 Å². The monoisotopic (exact) mass is 308 g/mol. The van der Waals surface area contributed by atoms with Crippen molar-refractivity contribution in [1.82, 2.24) is 4.31 Å². The summed E-state index contributed by atoms with van der Waals surface area (Å²) in [5, 5.41) is 18.0. The van der Waals surface area contributed by atoms with Gasteiger partial charge in [-0.05, 0) is 30.5 Å². The number of nitriles is 1. The van der Waals surface area contributed by atoms with Gasteiger partial charge in [0.05, 0.1) is 22.4 Å². The summed E-state index contributed by atoms with van der Waals surface area (Å²) in [5.74, 6) is -1.92. The van der Waals surface area contributed by atoms with Gasteiger partial charge in [0.1, 0.15) is 0 Å². The molecule has 21 heavy (non-hydrogen) atoms. The first-order valence-corrected chi connectivity index (χ1v) is 7.95. The smallest absolute Gasteiger partial charge is 0.308 e. The van der Waals surface area contributed by atoms with E-state index in [2.05, 4.69) is 0 Å². The van der Waals surface area contributed by atoms with Crippen LogP contribution in [0, 0.1) is 30.1 Å². The Morgan fingerprint density at radius 3 is 2.62 bits per heavy atom. The van der Waals surface area contributed by atoms with E-state index >= 15 is 0 Å². The Labute approximate surface area is 123 Å². The molecular formula is C14H16N2O4S. The number of benzene rings is 1. The van der Waals surface area contributed by atoms with Crippen molar-refractivity contribution in [3.8, 4) is 6.07 Å². The van der Waals surface area contributed by atoms with Crippen molar-refractivity contribution < 1.29 is 18.3 Å². The lowest BCUT2D eigenvalue weighted by Crippen LogP contribution is -2.30. The van der Waals surface area contributed by atoms with Crippen LogP contribution < -0.4 is 0 Å². The maximum atomic E-state index is 12.7. The predicted molar refractivity (Wildman–Crippen MR) is 74.9 cm³/mol. The van der Waals surface area contributed by atoms with E-state index in [1.165, 1.54) is 10.4 Å². The molecule has 1 heterocycles. The lowest BCUT2D eigenvalue weighted by atomic mass is 9.99. The molecule has 1 aromatic carbocycles. The SMILES string of the molecule is Cc1ccc(C#N)cc1S(=O)(=O)N1C[C@@H](C)[C@H](C(=O)O)C1. The van der Waals surface area contributed by atoms with E-state index in [4.69, 9.17) is 10.4 Å². The van der Waals surface area contributed by atoms with Crippen molar-refractivity contribution in [2.45, 2.75) is 18.7 Å². The fourth-order valence-corrected chi connectivity index (χ4v) is 4.34. The molecule has 0 radical (unpaired) electrons.